The van der Waals surface area contributed by atoms with E-state index in [1.807, 2.05) is 72.8 Å². The Balaban J connectivity index is 0.000000139. The number of fused-ring (bicyclic) bond motifs is 18. The highest BCUT2D eigenvalue weighted by Gasteiger charge is 2.30. The number of para-hydroxylation sites is 12. The van der Waals surface area contributed by atoms with E-state index >= 15 is 0 Å². The van der Waals surface area contributed by atoms with Gasteiger partial charge in [0.2, 0.25) is 0 Å². The maximum absolute atomic E-state index is 5.34. The quantitative estimate of drug-likeness (QED) is 0.107. The molecule has 0 unspecified atom stereocenters. The first-order valence-corrected chi connectivity index (χ1v) is 46.7. The lowest BCUT2D eigenvalue weighted by Gasteiger charge is -2.20. The van der Waals surface area contributed by atoms with E-state index in [0.29, 0.717) is 34.9 Å². The van der Waals surface area contributed by atoms with Gasteiger partial charge in [-0.05, 0) is 162 Å². The van der Waals surface area contributed by atoms with Crippen LogP contribution < -0.4 is 0 Å². The Morgan fingerprint density at radius 1 is 0.123 bits per heavy atom. The molecule has 8 aromatic heterocycles. The lowest BCUT2D eigenvalue weighted by Crippen LogP contribution is -2.08. The molecular weight excluding hydrogens is 1680 g/mol. The number of rotatable bonds is 14. The Bertz CT molecular complexity index is 9480. The predicted octanol–water partition coefficient (Wildman–Crippen LogP) is 31.7. The summed E-state index contributed by atoms with van der Waals surface area (Å²) in [6.07, 6.45) is 0. The van der Waals surface area contributed by atoms with Crippen LogP contribution in [0.4, 0.5) is 0 Å². The van der Waals surface area contributed by atoms with Crippen LogP contribution >= 0.6 is 0 Å². The van der Waals surface area contributed by atoms with E-state index in [1.165, 1.54) is 92.3 Å². The van der Waals surface area contributed by atoms with Crippen LogP contribution in [0, 0.1) is 0 Å². The van der Waals surface area contributed by atoms with Crippen molar-refractivity contribution in [1.82, 2.24) is 57.3 Å². The molecule has 0 radical (unpaired) electrons. The van der Waals surface area contributed by atoms with Gasteiger partial charge in [-0.25, -0.2) is 29.9 Å². The topological polar surface area (TPSA) is 107 Å². The summed E-state index contributed by atoms with van der Waals surface area (Å²) in [5.74, 6) is 3.64. The molecule has 0 atom stereocenters. The highest BCUT2D eigenvalue weighted by atomic mass is 15.1. The lowest BCUT2D eigenvalue weighted by molar-refractivity contribution is 1.05. The normalized spacial score (nSPS) is 11.8. The van der Waals surface area contributed by atoms with E-state index in [9.17, 15) is 0 Å². The Morgan fingerprint density at radius 3 is 0.652 bits per heavy atom. The maximum atomic E-state index is 5.34. The van der Waals surface area contributed by atoms with Gasteiger partial charge in [-0.3, -0.25) is 0 Å². The zero-order valence-corrected chi connectivity index (χ0v) is 74.6. The largest absolute Gasteiger partial charge is 0.309 e. The van der Waals surface area contributed by atoms with Crippen LogP contribution in [0.25, 0.3) is 256 Å². The van der Waals surface area contributed by atoms with Crippen LogP contribution in [0.2, 0.25) is 0 Å². The van der Waals surface area contributed by atoms with Gasteiger partial charge < -0.3 is 27.4 Å². The summed E-state index contributed by atoms with van der Waals surface area (Å²) in [6.45, 7) is 0. The number of nitrogens with zero attached hydrogens (tertiary/aromatic N) is 12. The molecule has 8 heterocycles. The third kappa shape index (κ3) is 13.0. The second-order valence-electron chi connectivity index (χ2n) is 35.2. The Hall–Kier alpha value is -18.8. The first-order valence-electron chi connectivity index (χ1n) is 46.7. The third-order valence-electron chi connectivity index (χ3n) is 27.4. The fraction of sp³-hybridized carbons (Fsp3) is 0. The highest BCUT2D eigenvalue weighted by Crippen LogP contribution is 2.48. The van der Waals surface area contributed by atoms with Crippen LogP contribution in [0.15, 0.2) is 485 Å². The van der Waals surface area contributed by atoms with Crippen molar-refractivity contribution in [2.45, 2.75) is 0 Å². The average molecular weight is 1760 g/mol. The van der Waals surface area contributed by atoms with Crippen molar-refractivity contribution < 1.29 is 0 Å². The number of hydrogen-bond donors (Lipinski definition) is 0. The van der Waals surface area contributed by atoms with Crippen LogP contribution in [0.5, 0.6) is 0 Å². The minimum atomic E-state index is 0.591. The summed E-state index contributed by atoms with van der Waals surface area (Å²) in [7, 11) is 0. The zero-order chi connectivity index (χ0) is 90.8. The molecule has 0 saturated carbocycles. The fourth-order valence-corrected chi connectivity index (χ4v) is 21.3. The molecule has 0 amide bonds. The molecule has 0 bridgehead atoms. The molecule has 28 aromatic rings. The van der Waals surface area contributed by atoms with Gasteiger partial charge in [0.05, 0.1) is 88.9 Å². The molecule has 138 heavy (non-hydrogen) atoms. The Labute approximate surface area is 792 Å². The van der Waals surface area contributed by atoms with E-state index < -0.39 is 0 Å². The average Bonchev–Trinajstić information content (AvgIpc) is 1.55. The Morgan fingerprint density at radius 2 is 0.341 bits per heavy atom. The van der Waals surface area contributed by atoms with Crippen molar-refractivity contribution in [2.75, 3.05) is 0 Å². The van der Waals surface area contributed by atoms with Crippen molar-refractivity contribution in [3.05, 3.63) is 485 Å². The van der Waals surface area contributed by atoms with Gasteiger partial charge >= 0.3 is 0 Å². The lowest BCUT2D eigenvalue weighted by atomic mass is 10.0. The zero-order valence-electron chi connectivity index (χ0n) is 74.6. The smallest absolute Gasteiger partial charge is 0.166 e. The van der Waals surface area contributed by atoms with Gasteiger partial charge in [0.25, 0.3) is 0 Å². The van der Waals surface area contributed by atoms with Gasteiger partial charge in [-0.2, -0.15) is 0 Å². The van der Waals surface area contributed by atoms with Crippen molar-refractivity contribution in [3.63, 3.8) is 0 Å². The minimum Gasteiger partial charge on any atom is -0.309 e. The summed E-state index contributed by atoms with van der Waals surface area (Å²) in [5, 5.41) is 14.3. The second-order valence-corrected chi connectivity index (χ2v) is 35.2. The molecule has 0 spiro atoms. The Kier molecular flexibility index (Phi) is 18.7. The SMILES string of the molecule is c1ccc(-c2nc(-c3ccccc3)nc(-c3cccc(-n4c5ccccc5c5cc(-c6ccc7c(c6)c6ccccc6n7-c6ccccc6)ccc54)c3-n3c4ccccc4c4ccccc43)n2)cc1.c1ccc(-c2nc(-c3ccccc3)nc(-c3cccc(-n4c5ccccc5c5cc(-c6ccc7c8ccccc8n(-c8ccccc8)c7c6)ccc54)c3-n3c4ccccc4c4ccccc43)n2)cc1. The molecular formula is C126H80N12. The molecule has 0 aliphatic rings. The highest BCUT2D eigenvalue weighted by molar-refractivity contribution is 6.18. The molecule has 0 fully saturated rings. The number of hydrogen-bond acceptors (Lipinski definition) is 6. The van der Waals surface area contributed by atoms with E-state index in [2.05, 4.69) is 440 Å². The van der Waals surface area contributed by atoms with E-state index in [0.717, 1.165) is 128 Å². The maximum Gasteiger partial charge on any atom is 0.166 e. The summed E-state index contributed by atoms with van der Waals surface area (Å²) >= 11 is 0. The summed E-state index contributed by atoms with van der Waals surface area (Å²) in [5.41, 5.74) is 29.9. The summed E-state index contributed by atoms with van der Waals surface area (Å²) < 4.78 is 14.5. The standard InChI is InChI=1S/2C63H40N6/c1-4-19-41(20-5-1)61-64-62(42-21-6-2-7-22-42)66-63(65-61)50-29-18-34-59(60(50)69-55-32-16-10-25-46(55)47-26-11-17-33-56(47)69)68-54-31-15-13-28-49(54)52-40-44(36-38-58(52)68)43-35-37-57-51(39-43)48-27-12-14-30-53(48)67(57)45-23-8-3-9-24-45;1-4-19-41(20-5-1)61-64-62(42-21-6-2-7-22-42)66-63(65-61)51-29-18-34-58(60(51)69-55-32-16-11-25-46(55)47-26-12-17-33-56(47)69)68-54-31-15-13-28-49(54)52-39-43(36-38-57(52)68)44-35-37-50-48-27-10-14-30-53(48)67(59(50)40-44)45-23-8-3-9-24-45/h2*1-40H. The summed E-state index contributed by atoms with van der Waals surface area (Å²) in [4.78, 5) is 31.5. The first-order chi connectivity index (χ1) is 68.5. The molecule has 0 N–H and O–H groups in total. The minimum absolute atomic E-state index is 0.591. The number of benzene rings is 20. The van der Waals surface area contributed by atoms with E-state index in [-0.39, 0.29) is 0 Å². The monoisotopic (exact) mass is 1760 g/mol. The van der Waals surface area contributed by atoms with Crippen molar-refractivity contribution in [3.8, 4) is 125 Å². The van der Waals surface area contributed by atoms with Gasteiger partial charge in [0.15, 0.2) is 34.9 Å². The first kappa shape index (κ1) is 79.0. The molecule has 0 aliphatic carbocycles. The van der Waals surface area contributed by atoms with Crippen LogP contribution in [0.3, 0.4) is 0 Å². The van der Waals surface area contributed by atoms with Gasteiger partial charge in [-0.15, -0.1) is 0 Å². The third-order valence-corrected chi connectivity index (χ3v) is 27.4. The van der Waals surface area contributed by atoms with Crippen LogP contribution in [0.1, 0.15) is 0 Å². The van der Waals surface area contributed by atoms with Gasteiger partial charge in [-0.1, -0.05) is 346 Å². The van der Waals surface area contributed by atoms with Gasteiger partial charge in [0, 0.05) is 109 Å². The summed E-state index contributed by atoms with van der Waals surface area (Å²) in [6, 6.07) is 173. The molecule has 20 aromatic carbocycles. The molecule has 12 nitrogen and oxygen atoms in total. The van der Waals surface area contributed by atoms with Crippen LogP contribution in [-0.2, 0) is 0 Å². The van der Waals surface area contributed by atoms with Gasteiger partial charge in [0.1, 0.15) is 0 Å². The molecule has 28 rings (SSSR count). The molecule has 0 saturated heterocycles. The predicted molar refractivity (Wildman–Crippen MR) is 569 cm³/mol. The molecule has 0 aliphatic heterocycles. The van der Waals surface area contributed by atoms with Crippen LogP contribution in [-0.4, -0.2) is 57.3 Å². The fourth-order valence-electron chi connectivity index (χ4n) is 21.3. The van der Waals surface area contributed by atoms with Crippen molar-refractivity contribution >= 4 is 131 Å². The second kappa shape index (κ2) is 32.6. The van der Waals surface area contributed by atoms with Crippen molar-refractivity contribution in [2.24, 2.45) is 0 Å². The van der Waals surface area contributed by atoms with Crippen molar-refractivity contribution in [1.29, 1.82) is 0 Å². The number of aromatic nitrogens is 12. The van der Waals surface area contributed by atoms with E-state index in [1.54, 1.807) is 0 Å². The molecule has 12 heteroatoms. The molecule has 644 valence electrons. The van der Waals surface area contributed by atoms with E-state index in [4.69, 9.17) is 29.9 Å².